The second-order valence-electron chi connectivity index (χ2n) is 3.99. The molecule has 1 unspecified atom stereocenters. The van der Waals surface area contributed by atoms with E-state index in [9.17, 15) is 0 Å². The number of benzene rings is 1. The molecule has 2 rings (SSSR count). The van der Waals surface area contributed by atoms with Crippen LogP contribution in [0.3, 0.4) is 0 Å². The first-order valence-corrected chi connectivity index (χ1v) is 8.43. The Morgan fingerprint density at radius 3 is 2.59 bits per heavy atom. The van der Waals surface area contributed by atoms with Gasteiger partial charge >= 0.3 is 0 Å². The second-order valence-corrected chi connectivity index (χ2v) is 6.52. The lowest BCUT2D eigenvalue weighted by atomic mass is 9.96. The summed E-state index contributed by atoms with van der Waals surface area (Å²) in [5.74, 6) is 0.577. The molecule has 0 fully saturated rings. The van der Waals surface area contributed by atoms with Gasteiger partial charge in [-0.2, -0.15) is 0 Å². The topological polar surface area (TPSA) is 0 Å². The van der Waals surface area contributed by atoms with Crippen LogP contribution in [0.5, 0.6) is 0 Å². The van der Waals surface area contributed by atoms with E-state index < -0.39 is 0 Å². The molecule has 2 aromatic rings. The number of hydrogen-bond acceptors (Lipinski definition) is 1. The molecule has 3 heteroatoms. The largest absolute Gasteiger partial charge is 0.149 e. The zero-order valence-electron chi connectivity index (χ0n) is 9.40. The highest BCUT2D eigenvalue weighted by atomic mass is 79.9. The van der Waals surface area contributed by atoms with Gasteiger partial charge in [-0.1, -0.05) is 56.1 Å². The minimum absolute atomic E-state index is 0.577. The Morgan fingerprint density at radius 1 is 1.12 bits per heavy atom. The highest BCUT2D eigenvalue weighted by Gasteiger charge is 2.13. The normalized spacial score (nSPS) is 12.6. The van der Waals surface area contributed by atoms with Gasteiger partial charge in [0.1, 0.15) is 0 Å². The quantitative estimate of drug-likeness (QED) is 0.596. The molecule has 0 N–H and O–H groups in total. The van der Waals surface area contributed by atoms with Crippen molar-refractivity contribution in [2.45, 2.75) is 18.8 Å². The zero-order chi connectivity index (χ0) is 12.1. The van der Waals surface area contributed by atoms with E-state index in [1.165, 1.54) is 21.3 Å². The molecule has 0 saturated carbocycles. The van der Waals surface area contributed by atoms with Crippen LogP contribution in [0, 0.1) is 0 Å². The second kappa shape index (κ2) is 6.72. The Balaban J connectivity index is 2.04. The average molecular weight is 374 g/mol. The molecule has 1 aromatic carbocycles. The molecule has 0 bridgehead atoms. The van der Waals surface area contributed by atoms with Gasteiger partial charge in [0.15, 0.2) is 0 Å². The minimum atomic E-state index is 0.577. The lowest BCUT2D eigenvalue weighted by Crippen LogP contribution is -2.02. The lowest BCUT2D eigenvalue weighted by Gasteiger charge is -2.15. The van der Waals surface area contributed by atoms with Crippen LogP contribution in [0.25, 0.3) is 0 Å². The van der Waals surface area contributed by atoms with Gasteiger partial charge in [-0.25, -0.2) is 0 Å². The van der Waals surface area contributed by atoms with Crippen molar-refractivity contribution in [3.63, 3.8) is 0 Å². The predicted octanol–water partition coefficient (Wildman–Crippen LogP) is 5.62. The molecule has 1 aromatic heterocycles. The van der Waals surface area contributed by atoms with E-state index >= 15 is 0 Å². The predicted molar refractivity (Wildman–Crippen MR) is 83.3 cm³/mol. The summed E-state index contributed by atoms with van der Waals surface area (Å²) in [5.41, 5.74) is 1.40. The summed E-state index contributed by atoms with van der Waals surface area (Å²) in [6.07, 6.45) is 2.35. The van der Waals surface area contributed by atoms with Gasteiger partial charge in [-0.15, -0.1) is 11.3 Å². The Bertz CT molecular complexity index is 451. The fourth-order valence-corrected chi connectivity index (χ4v) is 3.90. The minimum Gasteiger partial charge on any atom is -0.149 e. The van der Waals surface area contributed by atoms with Crippen molar-refractivity contribution in [3.8, 4) is 0 Å². The van der Waals surface area contributed by atoms with Crippen LogP contribution in [-0.4, -0.2) is 5.33 Å². The molecular weight excluding hydrogens is 360 g/mol. The summed E-state index contributed by atoms with van der Waals surface area (Å²) in [7, 11) is 0. The molecule has 1 atom stereocenters. The summed E-state index contributed by atoms with van der Waals surface area (Å²) in [6, 6.07) is 12.9. The van der Waals surface area contributed by atoms with Crippen LogP contribution in [0.2, 0.25) is 0 Å². The first-order chi connectivity index (χ1) is 8.31. The molecule has 0 aliphatic carbocycles. The van der Waals surface area contributed by atoms with E-state index in [0.717, 1.165) is 11.8 Å². The molecule has 0 aliphatic heterocycles. The number of hydrogen-bond donors (Lipinski definition) is 0. The van der Waals surface area contributed by atoms with Crippen molar-refractivity contribution in [2.75, 3.05) is 5.33 Å². The molecule has 90 valence electrons. The van der Waals surface area contributed by atoms with Gasteiger partial charge in [0.05, 0.1) is 0 Å². The maximum Gasteiger partial charge on any atom is 0.0210 e. The standard InChI is InChI=1S/C14H14Br2S/c15-10-11(7-8-12-4-3-9-17-12)13-5-1-2-6-14(13)16/h1-6,9,11H,7-8,10H2. The van der Waals surface area contributed by atoms with E-state index in [-0.39, 0.29) is 0 Å². The van der Waals surface area contributed by atoms with E-state index in [2.05, 4.69) is 73.6 Å². The first-order valence-electron chi connectivity index (χ1n) is 5.64. The van der Waals surface area contributed by atoms with Crippen LogP contribution in [0.1, 0.15) is 22.8 Å². The van der Waals surface area contributed by atoms with Crippen molar-refractivity contribution < 1.29 is 0 Å². The number of rotatable bonds is 5. The van der Waals surface area contributed by atoms with E-state index in [0.29, 0.717) is 5.92 Å². The Labute approximate surface area is 123 Å². The van der Waals surface area contributed by atoms with Gasteiger partial charge in [0.2, 0.25) is 0 Å². The van der Waals surface area contributed by atoms with E-state index in [1.54, 1.807) is 0 Å². The van der Waals surface area contributed by atoms with Crippen LogP contribution in [0.15, 0.2) is 46.3 Å². The SMILES string of the molecule is BrCC(CCc1cccs1)c1ccccc1Br. The molecule has 0 saturated heterocycles. The number of alkyl halides is 1. The maximum atomic E-state index is 3.64. The summed E-state index contributed by atoms with van der Waals surface area (Å²) >= 11 is 9.12. The monoisotopic (exact) mass is 372 g/mol. The summed E-state index contributed by atoms with van der Waals surface area (Å²) < 4.78 is 1.22. The van der Waals surface area contributed by atoms with Gasteiger partial charge in [-0.05, 0) is 41.8 Å². The Hall–Kier alpha value is -0.120. The van der Waals surface area contributed by atoms with Crippen molar-refractivity contribution in [1.82, 2.24) is 0 Å². The summed E-state index contributed by atoms with van der Waals surface area (Å²) in [6.45, 7) is 0. The average Bonchev–Trinajstić information content (AvgIpc) is 2.85. The van der Waals surface area contributed by atoms with E-state index in [4.69, 9.17) is 0 Å². The van der Waals surface area contributed by atoms with Crippen LogP contribution in [-0.2, 0) is 6.42 Å². The molecule has 0 spiro atoms. The van der Waals surface area contributed by atoms with Crippen molar-refractivity contribution in [3.05, 3.63) is 56.7 Å². The third-order valence-corrected chi connectivity index (χ3v) is 5.29. The third-order valence-electron chi connectivity index (χ3n) is 2.85. The molecule has 17 heavy (non-hydrogen) atoms. The fraction of sp³-hybridized carbons (Fsp3) is 0.286. The van der Waals surface area contributed by atoms with Crippen molar-refractivity contribution in [1.29, 1.82) is 0 Å². The molecule has 0 nitrogen and oxygen atoms in total. The zero-order valence-corrected chi connectivity index (χ0v) is 13.4. The number of thiophene rings is 1. The van der Waals surface area contributed by atoms with Crippen LogP contribution < -0.4 is 0 Å². The fourth-order valence-electron chi connectivity index (χ4n) is 1.89. The molecule has 0 amide bonds. The van der Waals surface area contributed by atoms with Crippen LogP contribution >= 0.6 is 43.2 Å². The van der Waals surface area contributed by atoms with Gasteiger partial charge in [-0.3, -0.25) is 0 Å². The third kappa shape index (κ3) is 3.67. The highest BCUT2D eigenvalue weighted by molar-refractivity contribution is 9.10. The molecule has 1 heterocycles. The molecule has 0 radical (unpaired) electrons. The maximum absolute atomic E-state index is 3.64. The Kier molecular flexibility index (Phi) is 5.26. The first kappa shape index (κ1) is 13.3. The van der Waals surface area contributed by atoms with Gasteiger partial charge in [0.25, 0.3) is 0 Å². The molecule has 0 aliphatic rings. The molecular formula is C14H14Br2S. The number of halogens is 2. The van der Waals surface area contributed by atoms with Gasteiger partial charge in [0, 0.05) is 14.7 Å². The highest BCUT2D eigenvalue weighted by Crippen LogP contribution is 2.30. The van der Waals surface area contributed by atoms with Crippen molar-refractivity contribution >= 4 is 43.2 Å². The van der Waals surface area contributed by atoms with Gasteiger partial charge < -0.3 is 0 Å². The van der Waals surface area contributed by atoms with E-state index in [1.807, 2.05) is 11.3 Å². The smallest absolute Gasteiger partial charge is 0.0210 e. The summed E-state index contributed by atoms with van der Waals surface area (Å²) in [5, 5.41) is 3.16. The lowest BCUT2D eigenvalue weighted by molar-refractivity contribution is 0.694. The van der Waals surface area contributed by atoms with Crippen molar-refractivity contribution in [2.24, 2.45) is 0 Å². The number of aryl methyl sites for hydroxylation is 1. The Morgan fingerprint density at radius 2 is 1.94 bits per heavy atom. The summed E-state index contributed by atoms with van der Waals surface area (Å²) in [4.78, 5) is 1.48. The van der Waals surface area contributed by atoms with Crippen LogP contribution in [0.4, 0.5) is 0 Å².